The Kier molecular flexibility index (Phi) is 9.71. The molecular weight excluding hydrogens is 354 g/mol. The average molecular weight is 392 g/mol. The van der Waals surface area contributed by atoms with Crippen LogP contribution in [0.5, 0.6) is 0 Å². The van der Waals surface area contributed by atoms with Gasteiger partial charge in [0.2, 0.25) is 0 Å². The molecular formula is C22H37N3O3. The molecule has 2 N–H and O–H groups in total. The maximum Gasteiger partial charge on any atom is 0.191 e. The Morgan fingerprint density at radius 1 is 1.11 bits per heavy atom. The number of hydrogen-bond acceptors (Lipinski definition) is 4. The van der Waals surface area contributed by atoms with Gasteiger partial charge in [-0.1, -0.05) is 19.3 Å². The molecule has 1 saturated carbocycles. The Hall–Kier alpha value is -1.53. The quantitative estimate of drug-likeness (QED) is 0.344. The number of furan rings is 1. The summed E-state index contributed by atoms with van der Waals surface area (Å²) >= 11 is 0. The van der Waals surface area contributed by atoms with E-state index in [1.165, 1.54) is 32.1 Å². The molecule has 158 valence electrons. The van der Waals surface area contributed by atoms with Gasteiger partial charge in [-0.2, -0.15) is 0 Å². The molecule has 1 aliphatic heterocycles. The summed E-state index contributed by atoms with van der Waals surface area (Å²) in [4.78, 5) is 4.85. The molecule has 1 aromatic rings. The Bertz CT molecular complexity index is 535. The van der Waals surface area contributed by atoms with Crippen LogP contribution in [0.4, 0.5) is 0 Å². The fraction of sp³-hybridized carbons (Fsp3) is 0.773. The Balaban J connectivity index is 1.33. The van der Waals surface area contributed by atoms with Gasteiger partial charge >= 0.3 is 0 Å². The summed E-state index contributed by atoms with van der Waals surface area (Å²) in [6.07, 6.45) is 11.5. The second-order valence-corrected chi connectivity index (χ2v) is 8.03. The Morgan fingerprint density at radius 2 is 2.00 bits per heavy atom. The zero-order valence-corrected chi connectivity index (χ0v) is 17.2. The molecule has 3 rings (SSSR count). The minimum atomic E-state index is 0.587. The molecule has 0 radical (unpaired) electrons. The minimum Gasteiger partial charge on any atom is -0.469 e. The molecule has 2 heterocycles. The van der Waals surface area contributed by atoms with Gasteiger partial charge in [-0.05, 0) is 43.7 Å². The maximum absolute atomic E-state index is 5.79. The van der Waals surface area contributed by atoms with Crippen LogP contribution >= 0.6 is 0 Å². The van der Waals surface area contributed by atoms with E-state index >= 15 is 0 Å². The van der Waals surface area contributed by atoms with E-state index in [9.17, 15) is 0 Å². The van der Waals surface area contributed by atoms with E-state index in [-0.39, 0.29) is 0 Å². The van der Waals surface area contributed by atoms with Crippen LogP contribution in [0.1, 0.15) is 50.7 Å². The van der Waals surface area contributed by atoms with E-state index in [1.54, 1.807) is 6.26 Å². The van der Waals surface area contributed by atoms with Gasteiger partial charge in [0.25, 0.3) is 0 Å². The first-order valence-electron chi connectivity index (χ1n) is 11.1. The first-order valence-corrected chi connectivity index (χ1v) is 11.1. The SMILES string of the molecule is c1coc(CCNC(=NCC2CCCCC2)NCCCOCC2CCOC2)c1. The lowest BCUT2D eigenvalue weighted by atomic mass is 9.89. The highest BCUT2D eigenvalue weighted by Gasteiger charge is 2.15. The van der Waals surface area contributed by atoms with Crippen LogP contribution in [0.2, 0.25) is 0 Å². The topological polar surface area (TPSA) is 68.0 Å². The smallest absolute Gasteiger partial charge is 0.191 e. The van der Waals surface area contributed by atoms with Crippen molar-refractivity contribution in [3.8, 4) is 0 Å². The van der Waals surface area contributed by atoms with Crippen molar-refractivity contribution in [1.82, 2.24) is 10.6 Å². The van der Waals surface area contributed by atoms with Gasteiger partial charge in [0.1, 0.15) is 5.76 Å². The molecule has 6 heteroatoms. The number of nitrogens with zero attached hydrogens (tertiary/aromatic N) is 1. The number of hydrogen-bond donors (Lipinski definition) is 2. The summed E-state index contributed by atoms with van der Waals surface area (Å²) in [5.41, 5.74) is 0. The van der Waals surface area contributed by atoms with E-state index in [4.69, 9.17) is 18.9 Å². The van der Waals surface area contributed by atoms with Gasteiger partial charge in [0.15, 0.2) is 5.96 Å². The van der Waals surface area contributed by atoms with Gasteiger partial charge < -0.3 is 24.5 Å². The van der Waals surface area contributed by atoms with E-state index in [0.717, 1.165) is 83.0 Å². The number of nitrogens with one attached hydrogen (secondary N) is 2. The Labute approximate surface area is 169 Å². The van der Waals surface area contributed by atoms with Crippen LogP contribution in [-0.4, -0.2) is 52.0 Å². The van der Waals surface area contributed by atoms with Crippen LogP contribution in [0.3, 0.4) is 0 Å². The largest absolute Gasteiger partial charge is 0.469 e. The zero-order chi connectivity index (χ0) is 19.3. The normalized spacial score (nSPS) is 21.1. The molecule has 1 saturated heterocycles. The van der Waals surface area contributed by atoms with E-state index in [0.29, 0.717) is 5.92 Å². The van der Waals surface area contributed by atoms with Crippen molar-refractivity contribution in [2.45, 2.75) is 51.4 Å². The van der Waals surface area contributed by atoms with E-state index in [1.807, 2.05) is 12.1 Å². The molecule has 1 aromatic heterocycles. The summed E-state index contributed by atoms with van der Waals surface area (Å²) in [7, 11) is 0. The third-order valence-electron chi connectivity index (χ3n) is 5.61. The van der Waals surface area contributed by atoms with Gasteiger partial charge in [-0.15, -0.1) is 0 Å². The van der Waals surface area contributed by atoms with Crippen molar-refractivity contribution in [3.05, 3.63) is 24.2 Å². The van der Waals surface area contributed by atoms with Gasteiger partial charge in [-0.3, -0.25) is 4.99 Å². The summed E-state index contributed by atoms with van der Waals surface area (Å²) in [6.45, 7) is 5.97. The molecule has 1 aliphatic carbocycles. The highest BCUT2D eigenvalue weighted by Crippen LogP contribution is 2.23. The van der Waals surface area contributed by atoms with Gasteiger partial charge in [-0.25, -0.2) is 0 Å². The van der Waals surface area contributed by atoms with Crippen molar-refractivity contribution in [1.29, 1.82) is 0 Å². The fourth-order valence-corrected chi connectivity index (χ4v) is 3.87. The summed E-state index contributed by atoms with van der Waals surface area (Å²) in [5, 5.41) is 6.93. The monoisotopic (exact) mass is 391 g/mol. The van der Waals surface area contributed by atoms with Crippen LogP contribution in [0, 0.1) is 11.8 Å². The van der Waals surface area contributed by atoms with Crippen molar-refractivity contribution < 1.29 is 13.9 Å². The number of guanidine groups is 1. The second-order valence-electron chi connectivity index (χ2n) is 8.03. The van der Waals surface area contributed by atoms with Crippen LogP contribution < -0.4 is 10.6 Å². The molecule has 0 spiro atoms. The Morgan fingerprint density at radius 3 is 2.79 bits per heavy atom. The van der Waals surface area contributed by atoms with Crippen molar-refractivity contribution in [3.63, 3.8) is 0 Å². The standard InChI is InChI=1S/C22H37N3O3/c1-2-6-19(7-3-1)16-25-22(24-12-9-21-8-4-14-28-21)23-11-5-13-26-17-20-10-15-27-18-20/h4,8,14,19-20H,1-3,5-7,9-13,15-18H2,(H2,23,24,25). The predicted octanol–water partition coefficient (Wildman–Crippen LogP) is 3.38. The van der Waals surface area contributed by atoms with Gasteiger partial charge in [0.05, 0.1) is 19.5 Å². The fourth-order valence-electron chi connectivity index (χ4n) is 3.87. The molecule has 6 nitrogen and oxygen atoms in total. The number of ether oxygens (including phenoxy) is 2. The van der Waals surface area contributed by atoms with E-state index < -0.39 is 0 Å². The molecule has 0 amide bonds. The van der Waals surface area contributed by atoms with Crippen molar-refractivity contribution in [2.24, 2.45) is 16.8 Å². The third-order valence-corrected chi connectivity index (χ3v) is 5.61. The van der Waals surface area contributed by atoms with E-state index in [2.05, 4.69) is 10.6 Å². The maximum atomic E-state index is 5.79. The zero-order valence-electron chi connectivity index (χ0n) is 17.2. The molecule has 28 heavy (non-hydrogen) atoms. The first kappa shape index (κ1) is 21.2. The van der Waals surface area contributed by atoms with Crippen LogP contribution in [0.25, 0.3) is 0 Å². The van der Waals surface area contributed by atoms with Gasteiger partial charge in [0, 0.05) is 45.2 Å². The molecule has 2 fully saturated rings. The first-order chi connectivity index (χ1) is 13.9. The lowest BCUT2D eigenvalue weighted by Gasteiger charge is -2.20. The molecule has 0 bridgehead atoms. The van der Waals surface area contributed by atoms with Crippen LogP contribution in [0.15, 0.2) is 27.8 Å². The lowest BCUT2D eigenvalue weighted by Crippen LogP contribution is -2.39. The summed E-state index contributed by atoms with van der Waals surface area (Å²) < 4.78 is 16.6. The number of aliphatic imine (C=N–C) groups is 1. The second kappa shape index (κ2) is 12.8. The highest BCUT2D eigenvalue weighted by molar-refractivity contribution is 5.79. The highest BCUT2D eigenvalue weighted by atomic mass is 16.5. The number of rotatable bonds is 11. The summed E-state index contributed by atoms with van der Waals surface area (Å²) in [5.74, 6) is 3.25. The summed E-state index contributed by atoms with van der Waals surface area (Å²) in [6, 6.07) is 3.95. The third kappa shape index (κ3) is 8.23. The average Bonchev–Trinajstić information content (AvgIpc) is 3.43. The molecule has 1 unspecified atom stereocenters. The van der Waals surface area contributed by atoms with Crippen molar-refractivity contribution in [2.75, 3.05) is 46.1 Å². The van der Waals surface area contributed by atoms with Crippen molar-refractivity contribution >= 4 is 5.96 Å². The predicted molar refractivity (Wildman–Crippen MR) is 112 cm³/mol. The lowest BCUT2D eigenvalue weighted by molar-refractivity contribution is 0.0888. The molecule has 2 aliphatic rings. The molecule has 0 aromatic carbocycles. The molecule has 1 atom stereocenters. The van der Waals surface area contributed by atoms with Crippen LogP contribution in [-0.2, 0) is 15.9 Å². The minimum absolute atomic E-state index is 0.587.